The van der Waals surface area contributed by atoms with Gasteiger partial charge in [0.15, 0.2) is 5.17 Å². The van der Waals surface area contributed by atoms with Crippen LogP contribution < -0.4 is 10.5 Å². The molecule has 0 aliphatic carbocycles. The van der Waals surface area contributed by atoms with Crippen molar-refractivity contribution in [2.45, 2.75) is 4.90 Å². The molecule has 7 nitrogen and oxygen atoms in total. The lowest BCUT2D eigenvalue weighted by molar-refractivity contribution is -0.119. The number of nitrogens with two attached hydrogens (primary N) is 1. The van der Waals surface area contributed by atoms with Crippen molar-refractivity contribution in [3.63, 3.8) is 0 Å². The van der Waals surface area contributed by atoms with E-state index < -0.39 is 15.9 Å². The van der Waals surface area contributed by atoms with Gasteiger partial charge in [-0.3, -0.25) is 4.79 Å². The Labute approximate surface area is 190 Å². The Morgan fingerprint density at radius 2 is 1.62 bits per heavy atom. The van der Waals surface area contributed by atoms with E-state index in [1.54, 1.807) is 61.7 Å². The second-order valence-electron chi connectivity index (χ2n) is 6.76. The van der Waals surface area contributed by atoms with Gasteiger partial charge in [-0.2, -0.15) is 4.31 Å². The number of hydrogen-bond donors (Lipinski definition) is 1. The molecule has 0 radical (unpaired) electrons. The first kappa shape index (κ1) is 21.7. The van der Waals surface area contributed by atoms with Gasteiger partial charge in [-0.1, -0.05) is 30.3 Å². The first-order valence-electron chi connectivity index (χ1n) is 9.51. The molecular formula is C23H19N3O4S2. The third kappa shape index (κ3) is 4.39. The van der Waals surface area contributed by atoms with Gasteiger partial charge in [-0.25, -0.2) is 13.4 Å². The molecule has 0 saturated carbocycles. The van der Waals surface area contributed by atoms with Gasteiger partial charge in [0.25, 0.3) is 15.9 Å². The zero-order chi connectivity index (χ0) is 22.7. The Morgan fingerprint density at radius 1 is 0.969 bits per heavy atom. The normalized spacial score (nSPS) is 16.7. The summed E-state index contributed by atoms with van der Waals surface area (Å²) in [6.07, 6.45) is 1.63. The largest absolute Gasteiger partial charge is 0.497 e. The first-order valence-corrected chi connectivity index (χ1v) is 11.8. The minimum atomic E-state index is -4.19. The maximum atomic E-state index is 13.4. The Hall–Kier alpha value is -3.56. The molecular weight excluding hydrogens is 446 g/mol. The van der Waals surface area contributed by atoms with E-state index in [-0.39, 0.29) is 15.0 Å². The number of rotatable bonds is 5. The highest BCUT2D eigenvalue weighted by atomic mass is 32.2. The Kier molecular flexibility index (Phi) is 6.02. The fourth-order valence-corrected chi connectivity index (χ4v) is 5.56. The van der Waals surface area contributed by atoms with Gasteiger partial charge in [0.05, 0.1) is 22.6 Å². The summed E-state index contributed by atoms with van der Waals surface area (Å²) in [5, 5.41) is 0.0535. The Morgan fingerprint density at radius 3 is 2.25 bits per heavy atom. The lowest BCUT2D eigenvalue weighted by Crippen LogP contribution is -2.35. The topological polar surface area (TPSA) is 102 Å². The van der Waals surface area contributed by atoms with Crippen LogP contribution >= 0.6 is 11.8 Å². The number of benzene rings is 3. The van der Waals surface area contributed by atoms with Gasteiger partial charge in [-0.05, 0) is 71.9 Å². The molecule has 1 saturated heterocycles. The maximum Gasteiger partial charge on any atom is 0.280 e. The highest BCUT2D eigenvalue weighted by Gasteiger charge is 2.42. The molecule has 1 heterocycles. The molecule has 0 aromatic heterocycles. The number of aliphatic imine (C=N–C) groups is 1. The highest BCUT2D eigenvalue weighted by Crippen LogP contribution is 2.38. The summed E-state index contributed by atoms with van der Waals surface area (Å²) in [5.41, 5.74) is 7.37. The predicted octanol–water partition coefficient (Wildman–Crippen LogP) is 4.27. The third-order valence-electron chi connectivity index (χ3n) is 4.58. The number of nitrogen functional groups attached to an aromatic ring is 1. The highest BCUT2D eigenvalue weighted by molar-refractivity contribution is 8.20. The van der Waals surface area contributed by atoms with Crippen LogP contribution in [0.5, 0.6) is 5.75 Å². The van der Waals surface area contributed by atoms with E-state index in [1.165, 1.54) is 24.3 Å². The second kappa shape index (κ2) is 8.89. The molecule has 162 valence electrons. The van der Waals surface area contributed by atoms with Crippen molar-refractivity contribution in [2.24, 2.45) is 4.99 Å². The molecule has 0 spiro atoms. The minimum Gasteiger partial charge on any atom is -0.497 e. The van der Waals surface area contributed by atoms with E-state index >= 15 is 0 Å². The van der Waals surface area contributed by atoms with Crippen molar-refractivity contribution in [1.82, 2.24) is 4.31 Å². The van der Waals surface area contributed by atoms with Crippen LogP contribution in [0.3, 0.4) is 0 Å². The van der Waals surface area contributed by atoms with E-state index in [4.69, 9.17) is 10.5 Å². The molecule has 0 unspecified atom stereocenters. The third-order valence-corrected chi connectivity index (χ3v) is 7.35. The van der Waals surface area contributed by atoms with Crippen LogP contribution in [-0.2, 0) is 14.8 Å². The van der Waals surface area contributed by atoms with E-state index in [9.17, 15) is 13.2 Å². The molecule has 0 atom stereocenters. The standard InChI is InChI=1S/C23H19N3O4S2/c1-30-19-11-7-16(8-12-19)15-21-22(27)26(23(31-21)25-18-5-3-2-4-6-18)32(28,29)20-13-9-17(24)10-14-20/h2-15H,24H2,1H3. The summed E-state index contributed by atoms with van der Waals surface area (Å²) in [5.74, 6) is 0.00811. The lowest BCUT2D eigenvalue weighted by atomic mass is 10.2. The summed E-state index contributed by atoms with van der Waals surface area (Å²) in [6, 6.07) is 21.6. The van der Waals surface area contributed by atoms with Crippen LogP contribution in [0.2, 0.25) is 0 Å². The Bertz CT molecular complexity index is 1300. The zero-order valence-electron chi connectivity index (χ0n) is 17.0. The molecule has 32 heavy (non-hydrogen) atoms. The first-order chi connectivity index (χ1) is 15.4. The number of carbonyl (C=O) groups is 1. The number of para-hydroxylation sites is 1. The number of thioether (sulfide) groups is 1. The molecule has 1 aliphatic heterocycles. The van der Waals surface area contributed by atoms with E-state index in [0.717, 1.165) is 21.6 Å². The Balaban J connectivity index is 1.79. The van der Waals surface area contributed by atoms with E-state index in [2.05, 4.69) is 4.99 Å². The van der Waals surface area contributed by atoms with E-state index in [1.807, 2.05) is 6.07 Å². The predicted molar refractivity (Wildman–Crippen MR) is 127 cm³/mol. The zero-order valence-corrected chi connectivity index (χ0v) is 18.6. The van der Waals surface area contributed by atoms with Crippen LogP contribution in [0.4, 0.5) is 11.4 Å². The van der Waals surface area contributed by atoms with Crippen LogP contribution in [-0.4, -0.2) is 30.9 Å². The van der Waals surface area contributed by atoms with Crippen LogP contribution in [0.1, 0.15) is 5.56 Å². The van der Waals surface area contributed by atoms with Gasteiger partial charge >= 0.3 is 0 Å². The van der Waals surface area contributed by atoms with Crippen molar-refractivity contribution in [2.75, 3.05) is 12.8 Å². The number of ether oxygens (including phenoxy) is 1. The number of amides is 1. The number of anilines is 1. The van der Waals surface area contributed by atoms with E-state index in [0.29, 0.717) is 17.1 Å². The summed E-state index contributed by atoms with van der Waals surface area (Å²) in [7, 11) is -2.63. The minimum absolute atomic E-state index is 0.0490. The molecule has 9 heteroatoms. The maximum absolute atomic E-state index is 13.4. The number of amidine groups is 1. The van der Waals surface area contributed by atoms with Crippen molar-refractivity contribution >= 4 is 50.3 Å². The number of nitrogens with zero attached hydrogens (tertiary/aromatic N) is 2. The van der Waals surface area contributed by atoms with Crippen molar-refractivity contribution in [1.29, 1.82) is 0 Å². The summed E-state index contributed by atoms with van der Waals surface area (Å²) < 4.78 is 32.6. The fraction of sp³-hybridized carbons (Fsp3) is 0.0435. The number of sulfonamides is 1. The number of hydrogen-bond acceptors (Lipinski definition) is 7. The van der Waals surface area contributed by atoms with Gasteiger partial charge < -0.3 is 10.5 Å². The van der Waals surface area contributed by atoms with Gasteiger partial charge in [0, 0.05) is 5.69 Å². The average Bonchev–Trinajstić information content (AvgIpc) is 3.10. The monoisotopic (exact) mass is 465 g/mol. The quantitative estimate of drug-likeness (QED) is 0.446. The molecule has 1 fully saturated rings. The molecule has 0 bridgehead atoms. The van der Waals surface area contributed by atoms with Gasteiger partial charge in [0.2, 0.25) is 0 Å². The molecule has 1 amide bonds. The second-order valence-corrected chi connectivity index (χ2v) is 9.55. The lowest BCUT2D eigenvalue weighted by Gasteiger charge is -2.16. The fourth-order valence-electron chi connectivity index (χ4n) is 2.95. The smallest absolute Gasteiger partial charge is 0.280 e. The van der Waals surface area contributed by atoms with Crippen molar-refractivity contribution < 1.29 is 17.9 Å². The van der Waals surface area contributed by atoms with Crippen LogP contribution in [0, 0.1) is 0 Å². The summed E-state index contributed by atoms with van der Waals surface area (Å²) in [6.45, 7) is 0. The van der Waals surface area contributed by atoms with Crippen LogP contribution in [0.25, 0.3) is 6.08 Å². The molecule has 4 rings (SSSR count). The average molecular weight is 466 g/mol. The van der Waals surface area contributed by atoms with Gasteiger partial charge in [0.1, 0.15) is 5.75 Å². The number of methoxy groups -OCH3 is 1. The SMILES string of the molecule is COc1ccc(C=C2SC(=Nc3ccccc3)N(S(=O)(=O)c3ccc(N)cc3)C2=O)cc1. The summed E-state index contributed by atoms with van der Waals surface area (Å²) >= 11 is 1.00. The molecule has 1 aliphatic rings. The van der Waals surface area contributed by atoms with Crippen molar-refractivity contribution in [3.05, 3.63) is 89.3 Å². The molecule has 3 aromatic rings. The summed E-state index contributed by atoms with van der Waals surface area (Å²) in [4.78, 5) is 17.9. The molecule has 3 aromatic carbocycles. The van der Waals surface area contributed by atoms with Crippen LogP contribution in [0.15, 0.2) is 93.7 Å². The number of carbonyl (C=O) groups excluding carboxylic acids is 1. The van der Waals surface area contributed by atoms with Crippen molar-refractivity contribution in [3.8, 4) is 5.75 Å². The van der Waals surface area contributed by atoms with Gasteiger partial charge in [-0.15, -0.1) is 0 Å². The molecule has 2 N–H and O–H groups in total.